The molecule has 0 bridgehead atoms. The zero-order valence-electron chi connectivity index (χ0n) is 7.36. The molecule has 0 atom stereocenters. The van der Waals surface area contributed by atoms with Gasteiger partial charge in [-0.3, -0.25) is 4.79 Å². The number of carbonyl (C=O) groups excluding carboxylic acids is 1. The van der Waals surface area contributed by atoms with E-state index in [1.807, 2.05) is 0 Å². The molecule has 0 aromatic heterocycles. The standard InChI is InChI=1S/C8H10O5/c1-8(2)12-4-5(13-8)3-6(9)7(10)11/h3H,4H2,1-2H3,(H,10,11). The Bertz CT molecular complexity index is 276. The second-order valence-corrected chi connectivity index (χ2v) is 3.07. The molecule has 1 aliphatic heterocycles. The molecule has 0 spiro atoms. The number of ether oxygens (including phenoxy) is 2. The lowest BCUT2D eigenvalue weighted by molar-refractivity contribution is -0.147. The molecular formula is C8H10O5. The third kappa shape index (κ3) is 2.55. The molecule has 5 nitrogen and oxygen atoms in total. The fourth-order valence-corrected chi connectivity index (χ4v) is 0.899. The molecule has 72 valence electrons. The second kappa shape index (κ2) is 3.18. The van der Waals surface area contributed by atoms with Gasteiger partial charge in [0.1, 0.15) is 12.4 Å². The summed E-state index contributed by atoms with van der Waals surface area (Å²) in [6.45, 7) is 3.49. The van der Waals surface area contributed by atoms with Crippen molar-refractivity contribution in [2.75, 3.05) is 6.61 Å². The van der Waals surface area contributed by atoms with E-state index in [1.165, 1.54) is 0 Å². The molecule has 1 aliphatic rings. The van der Waals surface area contributed by atoms with E-state index in [4.69, 9.17) is 14.6 Å². The first-order valence-electron chi connectivity index (χ1n) is 3.71. The normalized spacial score (nSPS) is 22.8. The summed E-state index contributed by atoms with van der Waals surface area (Å²) < 4.78 is 10.2. The topological polar surface area (TPSA) is 72.8 Å². The van der Waals surface area contributed by atoms with E-state index in [9.17, 15) is 9.59 Å². The van der Waals surface area contributed by atoms with Gasteiger partial charge in [-0.25, -0.2) is 4.79 Å². The second-order valence-electron chi connectivity index (χ2n) is 3.07. The molecular weight excluding hydrogens is 176 g/mol. The van der Waals surface area contributed by atoms with Crippen molar-refractivity contribution in [3.05, 3.63) is 11.8 Å². The molecule has 1 N–H and O–H groups in total. The first-order valence-corrected chi connectivity index (χ1v) is 3.71. The van der Waals surface area contributed by atoms with Crippen LogP contribution in [0.15, 0.2) is 11.8 Å². The summed E-state index contributed by atoms with van der Waals surface area (Å²) in [5, 5.41) is 8.28. The highest BCUT2D eigenvalue weighted by molar-refractivity contribution is 6.37. The minimum atomic E-state index is -1.50. The Kier molecular flexibility index (Phi) is 2.38. The van der Waals surface area contributed by atoms with Crippen molar-refractivity contribution in [2.45, 2.75) is 19.6 Å². The molecule has 5 heteroatoms. The van der Waals surface area contributed by atoms with E-state index in [0.717, 1.165) is 6.08 Å². The lowest BCUT2D eigenvalue weighted by Gasteiger charge is -2.15. The van der Waals surface area contributed by atoms with E-state index < -0.39 is 17.5 Å². The third-order valence-corrected chi connectivity index (χ3v) is 1.44. The molecule has 0 radical (unpaired) electrons. The molecule has 1 saturated heterocycles. The Balaban J connectivity index is 2.66. The van der Waals surface area contributed by atoms with Crippen molar-refractivity contribution in [3.8, 4) is 0 Å². The molecule has 1 heterocycles. The Labute approximate surface area is 74.9 Å². The van der Waals surface area contributed by atoms with Gasteiger partial charge in [0, 0.05) is 19.9 Å². The van der Waals surface area contributed by atoms with E-state index in [2.05, 4.69) is 0 Å². The molecule has 1 rings (SSSR count). The maximum atomic E-state index is 10.7. The maximum absolute atomic E-state index is 10.7. The minimum Gasteiger partial charge on any atom is -0.475 e. The molecule has 0 aliphatic carbocycles. The zero-order chi connectivity index (χ0) is 10.1. The van der Waals surface area contributed by atoms with Crippen LogP contribution in [0.25, 0.3) is 0 Å². The Morgan fingerprint density at radius 2 is 2.15 bits per heavy atom. The average Bonchev–Trinajstić information content (AvgIpc) is 2.30. The van der Waals surface area contributed by atoms with Crippen molar-refractivity contribution in [3.63, 3.8) is 0 Å². The highest BCUT2D eigenvalue weighted by Gasteiger charge is 2.29. The van der Waals surface area contributed by atoms with Crippen LogP contribution in [0.2, 0.25) is 0 Å². The van der Waals surface area contributed by atoms with Gasteiger partial charge in [0.2, 0.25) is 5.79 Å². The summed E-state index contributed by atoms with van der Waals surface area (Å²) in [6, 6.07) is 0. The Morgan fingerprint density at radius 3 is 2.54 bits per heavy atom. The van der Waals surface area contributed by atoms with Crippen LogP contribution >= 0.6 is 0 Å². The summed E-state index contributed by atoms with van der Waals surface area (Å²) in [7, 11) is 0. The Hall–Kier alpha value is -1.36. The number of hydrogen-bond donors (Lipinski definition) is 1. The number of hydrogen-bond acceptors (Lipinski definition) is 4. The van der Waals surface area contributed by atoms with Crippen LogP contribution in [0.1, 0.15) is 13.8 Å². The van der Waals surface area contributed by atoms with Crippen LogP contribution in [0.4, 0.5) is 0 Å². The van der Waals surface area contributed by atoms with Gasteiger partial charge >= 0.3 is 5.97 Å². The number of aliphatic carboxylic acids is 1. The average molecular weight is 186 g/mol. The van der Waals surface area contributed by atoms with Gasteiger partial charge in [-0.05, 0) is 0 Å². The molecule has 0 unspecified atom stereocenters. The number of carboxylic acid groups (broad SMARTS) is 1. The van der Waals surface area contributed by atoms with Crippen molar-refractivity contribution in [1.82, 2.24) is 0 Å². The zero-order valence-corrected chi connectivity index (χ0v) is 7.36. The van der Waals surface area contributed by atoms with E-state index in [1.54, 1.807) is 13.8 Å². The van der Waals surface area contributed by atoms with Gasteiger partial charge in [-0.2, -0.15) is 0 Å². The summed E-state index contributed by atoms with van der Waals surface area (Å²) >= 11 is 0. The summed E-state index contributed by atoms with van der Waals surface area (Å²) in [5.74, 6) is -3.03. The van der Waals surface area contributed by atoms with E-state index in [0.29, 0.717) is 0 Å². The van der Waals surface area contributed by atoms with Crippen molar-refractivity contribution in [1.29, 1.82) is 0 Å². The van der Waals surface area contributed by atoms with Gasteiger partial charge in [0.05, 0.1) is 0 Å². The first kappa shape index (κ1) is 9.73. The summed E-state index contributed by atoms with van der Waals surface area (Å²) in [5.41, 5.74) is 0. The Morgan fingerprint density at radius 1 is 1.54 bits per heavy atom. The smallest absolute Gasteiger partial charge is 0.376 e. The molecule has 0 saturated carbocycles. The number of carbonyl (C=O) groups is 2. The summed E-state index contributed by atoms with van der Waals surface area (Å²) in [4.78, 5) is 20.9. The maximum Gasteiger partial charge on any atom is 0.376 e. The fourth-order valence-electron chi connectivity index (χ4n) is 0.899. The largest absolute Gasteiger partial charge is 0.475 e. The van der Waals surface area contributed by atoms with Crippen LogP contribution in [-0.4, -0.2) is 29.3 Å². The predicted octanol–water partition coefficient (Wildman–Crippen LogP) is 0.307. The van der Waals surface area contributed by atoms with Crippen LogP contribution in [0.3, 0.4) is 0 Å². The molecule has 13 heavy (non-hydrogen) atoms. The van der Waals surface area contributed by atoms with Gasteiger partial charge in [0.15, 0.2) is 0 Å². The van der Waals surface area contributed by atoms with Crippen molar-refractivity contribution >= 4 is 11.8 Å². The third-order valence-electron chi connectivity index (χ3n) is 1.44. The van der Waals surface area contributed by atoms with Crippen molar-refractivity contribution < 1.29 is 24.2 Å². The van der Waals surface area contributed by atoms with E-state index in [-0.39, 0.29) is 12.4 Å². The van der Waals surface area contributed by atoms with Gasteiger partial charge in [-0.1, -0.05) is 0 Å². The minimum absolute atomic E-state index is 0.131. The fraction of sp³-hybridized carbons (Fsp3) is 0.500. The van der Waals surface area contributed by atoms with E-state index >= 15 is 0 Å². The highest BCUT2D eigenvalue weighted by atomic mass is 16.7. The highest BCUT2D eigenvalue weighted by Crippen LogP contribution is 2.24. The lowest BCUT2D eigenvalue weighted by atomic mass is 10.3. The number of ketones is 1. The summed E-state index contributed by atoms with van der Waals surface area (Å²) in [6.07, 6.45) is 0.928. The van der Waals surface area contributed by atoms with Gasteiger partial charge in [0.25, 0.3) is 5.78 Å². The van der Waals surface area contributed by atoms with Crippen LogP contribution in [0, 0.1) is 0 Å². The molecule has 1 fully saturated rings. The van der Waals surface area contributed by atoms with Crippen LogP contribution < -0.4 is 0 Å². The first-order chi connectivity index (χ1) is 5.91. The van der Waals surface area contributed by atoms with Gasteiger partial charge in [-0.15, -0.1) is 0 Å². The molecule has 0 amide bonds. The number of carboxylic acids is 1. The van der Waals surface area contributed by atoms with Gasteiger partial charge < -0.3 is 14.6 Å². The SMILES string of the molecule is CC1(C)OCC(=CC(=O)C(=O)O)O1. The lowest BCUT2D eigenvalue weighted by Crippen LogP contribution is -2.19. The van der Waals surface area contributed by atoms with Crippen LogP contribution in [-0.2, 0) is 19.1 Å². The molecule has 0 aromatic carbocycles. The number of rotatable bonds is 2. The molecule has 0 aromatic rings. The monoisotopic (exact) mass is 186 g/mol. The van der Waals surface area contributed by atoms with Crippen LogP contribution in [0.5, 0.6) is 0 Å². The van der Waals surface area contributed by atoms with Crippen molar-refractivity contribution in [2.24, 2.45) is 0 Å². The predicted molar refractivity (Wildman–Crippen MR) is 41.8 cm³/mol. The quantitative estimate of drug-likeness (QED) is 0.496.